The molecule has 0 saturated carbocycles. The van der Waals surface area contributed by atoms with Crippen molar-refractivity contribution in [2.24, 2.45) is 11.8 Å². The van der Waals surface area contributed by atoms with Crippen molar-refractivity contribution in [1.82, 2.24) is 14.9 Å². The molecule has 7 nitrogen and oxygen atoms in total. The van der Waals surface area contributed by atoms with E-state index >= 15 is 0 Å². The zero-order valence-electron chi connectivity index (χ0n) is 21.1. The Labute approximate surface area is 218 Å². The van der Waals surface area contributed by atoms with Gasteiger partial charge in [-0.2, -0.15) is 12.6 Å². The lowest BCUT2D eigenvalue weighted by Gasteiger charge is -2.17. The zero-order valence-corrected chi connectivity index (χ0v) is 22.0. The number of nitrogens with one attached hydrogen (secondary N) is 1. The maximum atomic E-state index is 12.7. The van der Waals surface area contributed by atoms with E-state index in [0.29, 0.717) is 42.9 Å². The van der Waals surface area contributed by atoms with E-state index in [-0.39, 0.29) is 17.4 Å². The van der Waals surface area contributed by atoms with Crippen LogP contribution >= 0.6 is 12.6 Å². The van der Waals surface area contributed by atoms with Gasteiger partial charge >= 0.3 is 5.97 Å². The summed E-state index contributed by atoms with van der Waals surface area (Å²) in [5.41, 5.74) is 3.63. The van der Waals surface area contributed by atoms with Crippen LogP contribution in [-0.4, -0.2) is 38.9 Å². The Balaban J connectivity index is 1.79. The zero-order chi connectivity index (χ0) is 26.1. The first kappa shape index (κ1) is 27.3. The Morgan fingerprint density at radius 2 is 1.86 bits per heavy atom. The Hall–Kier alpha value is -3.26. The number of aromatic carboxylic acids is 1. The molecule has 0 radical (unpaired) electrons. The van der Waals surface area contributed by atoms with Gasteiger partial charge in [-0.3, -0.25) is 9.36 Å². The molecule has 36 heavy (non-hydrogen) atoms. The van der Waals surface area contributed by atoms with Crippen LogP contribution in [0, 0.1) is 11.8 Å². The summed E-state index contributed by atoms with van der Waals surface area (Å²) in [7, 11) is 0. The lowest BCUT2D eigenvalue weighted by atomic mass is 9.98. The summed E-state index contributed by atoms with van der Waals surface area (Å²) >= 11 is 4.36. The first-order valence-electron chi connectivity index (χ1n) is 12.3. The molecule has 3 aromatic rings. The van der Waals surface area contributed by atoms with Gasteiger partial charge in [0.25, 0.3) is 6.01 Å². The minimum absolute atomic E-state index is 0.0103. The van der Waals surface area contributed by atoms with Crippen LogP contribution < -0.4 is 10.1 Å². The minimum atomic E-state index is -0.953. The lowest BCUT2D eigenvalue weighted by Crippen LogP contribution is -2.32. The molecule has 0 saturated heterocycles. The van der Waals surface area contributed by atoms with E-state index in [2.05, 4.69) is 36.8 Å². The number of thiol groups is 1. The molecule has 2 aromatic carbocycles. The van der Waals surface area contributed by atoms with Crippen molar-refractivity contribution in [2.45, 2.75) is 46.7 Å². The van der Waals surface area contributed by atoms with Crippen LogP contribution in [0.1, 0.15) is 55.2 Å². The van der Waals surface area contributed by atoms with Gasteiger partial charge in [0.15, 0.2) is 0 Å². The molecule has 0 aliphatic heterocycles. The van der Waals surface area contributed by atoms with E-state index in [9.17, 15) is 14.7 Å². The highest BCUT2D eigenvalue weighted by Crippen LogP contribution is 2.25. The second-order valence-corrected chi connectivity index (χ2v) is 9.61. The largest absolute Gasteiger partial charge is 0.478 e. The van der Waals surface area contributed by atoms with Gasteiger partial charge in [0.05, 0.1) is 37.2 Å². The van der Waals surface area contributed by atoms with Gasteiger partial charge in [0.2, 0.25) is 5.91 Å². The number of aromatic nitrogens is 2. The SMILES string of the molecule is CCCOc1ncc(CNC(=O)[C@@H](CS)CC(C)C)n1Cc1ccc(-c2ccccc2C(=O)O)cc1. The number of carbonyl (C=O) groups excluding carboxylic acids is 1. The van der Waals surface area contributed by atoms with Crippen molar-refractivity contribution >= 4 is 24.5 Å². The second kappa shape index (κ2) is 13.2. The van der Waals surface area contributed by atoms with Gasteiger partial charge in [0.1, 0.15) is 0 Å². The molecule has 1 amide bonds. The van der Waals surface area contributed by atoms with Gasteiger partial charge < -0.3 is 15.2 Å². The average Bonchev–Trinajstić information content (AvgIpc) is 3.25. The van der Waals surface area contributed by atoms with Crippen LogP contribution in [0.15, 0.2) is 54.7 Å². The molecule has 192 valence electrons. The Morgan fingerprint density at radius 3 is 2.50 bits per heavy atom. The van der Waals surface area contributed by atoms with E-state index in [1.807, 2.05) is 47.9 Å². The molecule has 1 atom stereocenters. The fourth-order valence-electron chi connectivity index (χ4n) is 4.06. The van der Waals surface area contributed by atoms with E-state index in [4.69, 9.17) is 4.74 Å². The van der Waals surface area contributed by atoms with Crippen molar-refractivity contribution in [3.05, 3.63) is 71.5 Å². The van der Waals surface area contributed by atoms with Gasteiger partial charge in [-0.05, 0) is 41.5 Å². The topological polar surface area (TPSA) is 93.5 Å². The number of carboxylic acid groups (broad SMARTS) is 1. The molecule has 3 rings (SSSR count). The van der Waals surface area contributed by atoms with Gasteiger partial charge in [-0.25, -0.2) is 9.78 Å². The highest BCUT2D eigenvalue weighted by molar-refractivity contribution is 7.80. The standard InChI is InChI=1S/C28H35N3O4S/c1-4-13-35-28-30-16-23(15-29-26(32)22(18-36)14-19(2)3)31(28)17-20-9-11-21(12-10-20)24-7-5-6-8-25(24)27(33)34/h5-12,16,19,22,36H,4,13-15,17-18H2,1-3H3,(H,29,32)(H,33,34)/t22-/m1/s1. The van der Waals surface area contributed by atoms with Crippen molar-refractivity contribution in [1.29, 1.82) is 0 Å². The normalized spacial score (nSPS) is 11.9. The predicted octanol–water partition coefficient (Wildman–Crippen LogP) is 5.29. The monoisotopic (exact) mass is 509 g/mol. The third kappa shape index (κ3) is 7.13. The quantitative estimate of drug-likeness (QED) is 0.272. The first-order chi connectivity index (χ1) is 17.3. The van der Waals surface area contributed by atoms with Crippen molar-refractivity contribution in [3.8, 4) is 17.1 Å². The van der Waals surface area contributed by atoms with Crippen LogP contribution in [0.5, 0.6) is 6.01 Å². The summed E-state index contributed by atoms with van der Waals surface area (Å²) < 4.78 is 7.83. The highest BCUT2D eigenvalue weighted by Gasteiger charge is 2.19. The Bertz CT molecular complexity index is 1160. The molecule has 8 heteroatoms. The van der Waals surface area contributed by atoms with Gasteiger partial charge in [0, 0.05) is 11.7 Å². The van der Waals surface area contributed by atoms with E-state index in [1.54, 1.807) is 18.3 Å². The molecule has 1 aromatic heterocycles. The van der Waals surface area contributed by atoms with E-state index in [0.717, 1.165) is 29.7 Å². The molecule has 0 aliphatic carbocycles. The third-order valence-corrected chi connectivity index (χ3v) is 6.33. The molecule has 2 N–H and O–H groups in total. The number of imidazole rings is 1. The number of carboxylic acids is 1. The van der Waals surface area contributed by atoms with Crippen LogP contribution in [0.2, 0.25) is 0 Å². The summed E-state index contributed by atoms with van der Waals surface area (Å²) in [6.07, 6.45) is 3.38. The molecular weight excluding hydrogens is 474 g/mol. The number of ether oxygens (including phenoxy) is 1. The molecule has 0 aliphatic rings. The van der Waals surface area contributed by atoms with Crippen LogP contribution in [0.4, 0.5) is 0 Å². The smallest absolute Gasteiger partial charge is 0.336 e. The van der Waals surface area contributed by atoms with Crippen molar-refractivity contribution in [3.63, 3.8) is 0 Å². The highest BCUT2D eigenvalue weighted by atomic mass is 32.1. The summed E-state index contributed by atoms with van der Waals surface area (Å²) in [6, 6.07) is 15.3. The third-order valence-electron chi connectivity index (χ3n) is 5.89. The number of rotatable bonds is 13. The van der Waals surface area contributed by atoms with Gasteiger partial charge in [-0.1, -0.05) is 63.2 Å². The van der Waals surface area contributed by atoms with Gasteiger partial charge in [-0.15, -0.1) is 0 Å². The summed E-state index contributed by atoms with van der Waals surface area (Å²) in [5.74, 6) is -0.180. The average molecular weight is 510 g/mol. The van der Waals surface area contributed by atoms with Crippen LogP contribution in [0.25, 0.3) is 11.1 Å². The van der Waals surface area contributed by atoms with Crippen molar-refractivity contribution in [2.75, 3.05) is 12.4 Å². The second-order valence-electron chi connectivity index (χ2n) is 9.24. The fourth-order valence-corrected chi connectivity index (χ4v) is 4.37. The maximum Gasteiger partial charge on any atom is 0.336 e. The predicted molar refractivity (Wildman–Crippen MR) is 145 cm³/mol. The fraction of sp³-hybridized carbons (Fsp3) is 0.393. The molecule has 0 bridgehead atoms. The first-order valence-corrected chi connectivity index (χ1v) is 12.9. The molecule has 0 unspecified atom stereocenters. The summed E-state index contributed by atoms with van der Waals surface area (Å²) in [5, 5.41) is 12.5. The maximum absolute atomic E-state index is 12.7. The molecule has 0 spiro atoms. The number of carbonyl (C=O) groups is 2. The van der Waals surface area contributed by atoms with Crippen LogP contribution in [0.3, 0.4) is 0 Å². The van der Waals surface area contributed by atoms with E-state index < -0.39 is 5.97 Å². The lowest BCUT2D eigenvalue weighted by molar-refractivity contribution is -0.124. The number of hydrogen-bond donors (Lipinski definition) is 3. The number of amides is 1. The number of nitrogens with zero attached hydrogens (tertiary/aromatic N) is 2. The number of benzene rings is 2. The minimum Gasteiger partial charge on any atom is -0.478 e. The summed E-state index contributed by atoms with van der Waals surface area (Å²) in [4.78, 5) is 28.8. The summed E-state index contributed by atoms with van der Waals surface area (Å²) in [6.45, 7) is 7.63. The Morgan fingerprint density at radius 1 is 1.14 bits per heavy atom. The molecular formula is C28H35N3O4S. The van der Waals surface area contributed by atoms with Crippen LogP contribution in [-0.2, 0) is 17.9 Å². The Kier molecular flexibility index (Phi) is 9.99. The van der Waals surface area contributed by atoms with Crippen molar-refractivity contribution < 1.29 is 19.4 Å². The number of hydrogen-bond acceptors (Lipinski definition) is 5. The molecule has 1 heterocycles. The molecule has 0 fully saturated rings. The van der Waals surface area contributed by atoms with E-state index in [1.165, 1.54) is 0 Å².